The Hall–Kier alpha value is -1.19. The zero-order chi connectivity index (χ0) is 42.5. The highest BCUT2D eigenvalue weighted by Crippen LogP contribution is 2.42. The molecule has 1 unspecified atom stereocenters. The zero-order valence-corrected chi connectivity index (χ0v) is 31.9. The normalized spacial score (nSPS) is 16.2. The van der Waals surface area contributed by atoms with Gasteiger partial charge < -0.3 is 0 Å². The first-order chi connectivity index (χ1) is 22.3. The van der Waals surface area contributed by atoms with E-state index in [9.17, 15) is 74.6 Å². The highest BCUT2D eigenvalue weighted by molar-refractivity contribution is 4.75. The Labute approximate surface area is 294 Å². The van der Waals surface area contributed by atoms with Crippen molar-refractivity contribution in [3.63, 3.8) is 0 Å². The standard InChI is InChI=1S/C7H13F3.C7H12F2.C6H8F6.C5H9F3.C5H12.C4H7F3/c1-4-6(2,3)5-7(8,9)10;1-6-2-4-7(8,9)5-3-6;1-2-3-4(5(7,8)9)6(10,11)12;1-3-4(2)5(6,7)8;1-4-5(2)3;1-3(2)4(5,6)7/h4-5H2,1-3H3;6H,2-5H2,1H3;4H,2-3H2,1H3;4H,3H2,1-2H3;5H,4H2,1-3H3;3H,1-2H3. The molecule has 0 spiro atoms. The van der Waals surface area contributed by atoms with Crippen LogP contribution in [-0.4, -0.2) is 36.8 Å². The van der Waals surface area contributed by atoms with Gasteiger partial charge in [0.15, 0.2) is 5.92 Å². The summed E-state index contributed by atoms with van der Waals surface area (Å²) in [6.45, 7) is 19.9. The van der Waals surface area contributed by atoms with Crippen LogP contribution in [0.25, 0.3) is 0 Å². The van der Waals surface area contributed by atoms with Crippen LogP contribution in [0.1, 0.15) is 147 Å². The molecule has 0 aliphatic heterocycles. The topological polar surface area (TPSA) is 0 Å². The van der Waals surface area contributed by atoms with Crippen molar-refractivity contribution >= 4 is 0 Å². The van der Waals surface area contributed by atoms with Gasteiger partial charge in [-0.3, -0.25) is 0 Å². The van der Waals surface area contributed by atoms with E-state index in [4.69, 9.17) is 0 Å². The van der Waals surface area contributed by atoms with Gasteiger partial charge in [0.05, 0.1) is 5.92 Å². The monoisotopic (exact) mass is 792 g/mol. The summed E-state index contributed by atoms with van der Waals surface area (Å²) >= 11 is 0. The van der Waals surface area contributed by atoms with Crippen molar-refractivity contribution in [2.45, 2.75) is 184 Å². The molecule has 17 heteroatoms. The summed E-state index contributed by atoms with van der Waals surface area (Å²) in [6, 6.07) is 0. The van der Waals surface area contributed by atoms with E-state index in [1.54, 1.807) is 20.8 Å². The van der Waals surface area contributed by atoms with Crippen LogP contribution in [0.15, 0.2) is 0 Å². The predicted molar refractivity (Wildman–Crippen MR) is 169 cm³/mol. The molecule has 0 aromatic heterocycles. The fraction of sp³-hybridized carbons (Fsp3) is 1.00. The van der Waals surface area contributed by atoms with E-state index in [0.717, 1.165) is 19.8 Å². The Kier molecular flexibility index (Phi) is 29.9. The SMILES string of the molecule is CC(C)C(F)(F)F.CC1CCC(F)(F)CC1.CCC(C)(C)CC(F)(F)F.CCC(C)C.CCC(C)C(F)(F)F.CCCC(C(F)(F)F)C(F)(F)F. The van der Waals surface area contributed by atoms with Crippen LogP contribution in [-0.2, 0) is 0 Å². The molecule has 1 aliphatic rings. The van der Waals surface area contributed by atoms with E-state index < -0.39 is 72.8 Å². The van der Waals surface area contributed by atoms with Crippen LogP contribution >= 0.6 is 0 Å². The zero-order valence-electron chi connectivity index (χ0n) is 31.9. The third-order valence-electron chi connectivity index (χ3n) is 7.65. The van der Waals surface area contributed by atoms with Crippen molar-refractivity contribution in [2.75, 3.05) is 0 Å². The van der Waals surface area contributed by atoms with Crippen molar-refractivity contribution in [3.05, 3.63) is 0 Å². The molecule has 0 amide bonds. The molecule has 0 aromatic carbocycles. The number of halogens is 17. The van der Waals surface area contributed by atoms with Gasteiger partial charge >= 0.3 is 30.9 Å². The smallest absolute Gasteiger partial charge is 0.207 e. The molecule has 0 bridgehead atoms. The quantitative estimate of drug-likeness (QED) is 0.235. The van der Waals surface area contributed by atoms with Crippen molar-refractivity contribution in [2.24, 2.45) is 35.0 Å². The van der Waals surface area contributed by atoms with Gasteiger partial charge in [-0.05, 0) is 42.9 Å². The molecule has 1 fully saturated rings. The fourth-order valence-corrected chi connectivity index (χ4v) is 2.89. The molecular weight excluding hydrogens is 731 g/mol. The Morgan fingerprint density at radius 1 is 0.588 bits per heavy atom. The molecule has 316 valence electrons. The van der Waals surface area contributed by atoms with Crippen molar-refractivity contribution in [1.29, 1.82) is 0 Å². The highest BCUT2D eigenvalue weighted by atomic mass is 19.4. The van der Waals surface area contributed by atoms with Crippen LogP contribution in [0.5, 0.6) is 0 Å². The summed E-state index contributed by atoms with van der Waals surface area (Å²) < 4.78 is 198. The third kappa shape index (κ3) is 41.4. The first-order valence-electron chi connectivity index (χ1n) is 17.0. The number of rotatable bonds is 6. The molecule has 0 radical (unpaired) electrons. The van der Waals surface area contributed by atoms with E-state index >= 15 is 0 Å². The summed E-state index contributed by atoms with van der Waals surface area (Å²) in [5.74, 6) is -6.46. The molecule has 0 N–H and O–H groups in total. The Balaban J connectivity index is -0.000000169. The molecule has 51 heavy (non-hydrogen) atoms. The van der Waals surface area contributed by atoms with Gasteiger partial charge in [-0.15, -0.1) is 0 Å². The lowest BCUT2D eigenvalue weighted by molar-refractivity contribution is -0.285. The second-order valence-corrected chi connectivity index (χ2v) is 14.1. The molecule has 0 saturated heterocycles. The molecule has 1 rings (SSSR count). The van der Waals surface area contributed by atoms with Crippen LogP contribution in [0.3, 0.4) is 0 Å². The Bertz CT molecular complexity index is 776. The first-order valence-corrected chi connectivity index (χ1v) is 17.0. The maximum Gasteiger partial charge on any atom is 0.400 e. The van der Waals surface area contributed by atoms with Crippen molar-refractivity contribution in [3.8, 4) is 0 Å². The van der Waals surface area contributed by atoms with E-state index in [2.05, 4.69) is 20.8 Å². The summed E-state index contributed by atoms with van der Waals surface area (Å²) in [7, 11) is 0. The average Bonchev–Trinajstić information content (AvgIpc) is 2.91. The third-order valence-corrected chi connectivity index (χ3v) is 7.65. The number of hydrogen-bond acceptors (Lipinski definition) is 0. The van der Waals surface area contributed by atoms with Crippen LogP contribution < -0.4 is 0 Å². The summed E-state index contributed by atoms with van der Waals surface area (Å²) in [6.07, 6.45) is -20.4. The van der Waals surface area contributed by atoms with Crippen LogP contribution in [0.2, 0.25) is 0 Å². The molecular formula is C34H61F17. The lowest BCUT2D eigenvalue weighted by atomic mass is 9.86. The second kappa shape index (κ2) is 25.8. The Morgan fingerprint density at radius 2 is 0.922 bits per heavy atom. The fourth-order valence-electron chi connectivity index (χ4n) is 2.89. The van der Waals surface area contributed by atoms with E-state index in [1.165, 1.54) is 27.2 Å². The van der Waals surface area contributed by atoms with Crippen molar-refractivity contribution < 1.29 is 74.6 Å². The minimum Gasteiger partial charge on any atom is -0.207 e. The van der Waals surface area contributed by atoms with E-state index in [-0.39, 0.29) is 25.7 Å². The van der Waals surface area contributed by atoms with Crippen LogP contribution in [0.4, 0.5) is 74.6 Å². The van der Waals surface area contributed by atoms with Crippen molar-refractivity contribution in [1.82, 2.24) is 0 Å². The van der Waals surface area contributed by atoms with Crippen LogP contribution in [0, 0.1) is 35.0 Å². The lowest BCUT2D eigenvalue weighted by Crippen LogP contribution is -2.36. The lowest BCUT2D eigenvalue weighted by Gasteiger charge is -2.25. The molecule has 1 atom stereocenters. The summed E-state index contributed by atoms with van der Waals surface area (Å²) in [4.78, 5) is 0. The van der Waals surface area contributed by atoms with Gasteiger partial charge in [0.25, 0.3) is 0 Å². The van der Waals surface area contributed by atoms with Gasteiger partial charge in [-0.25, -0.2) is 8.78 Å². The van der Waals surface area contributed by atoms with Gasteiger partial charge in [0.2, 0.25) is 5.92 Å². The number of alkyl halides is 17. The Morgan fingerprint density at radius 3 is 1.02 bits per heavy atom. The van der Waals surface area contributed by atoms with Gasteiger partial charge in [0.1, 0.15) is 0 Å². The molecule has 0 aromatic rings. The number of hydrogen-bond donors (Lipinski definition) is 0. The summed E-state index contributed by atoms with van der Waals surface area (Å²) in [5.41, 5.74) is -0.599. The highest BCUT2D eigenvalue weighted by Gasteiger charge is 2.55. The van der Waals surface area contributed by atoms with Gasteiger partial charge in [-0.1, -0.05) is 102 Å². The second-order valence-electron chi connectivity index (χ2n) is 14.1. The minimum absolute atomic E-state index is 0.105. The van der Waals surface area contributed by atoms with E-state index in [0.29, 0.717) is 25.2 Å². The maximum atomic E-state index is 12.4. The van der Waals surface area contributed by atoms with Gasteiger partial charge in [-0.2, -0.15) is 65.9 Å². The predicted octanol–water partition coefficient (Wildman–Crippen LogP) is 16.6. The molecule has 1 aliphatic carbocycles. The largest absolute Gasteiger partial charge is 0.400 e. The summed E-state index contributed by atoms with van der Waals surface area (Å²) in [5, 5.41) is 0. The molecule has 0 heterocycles. The molecule has 1 saturated carbocycles. The average molecular weight is 793 g/mol. The minimum atomic E-state index is -5.17. The first kappa shape index (κ1) is 59.1. The van der Waals surface area contributed by atoms with Gasteiger partial charge in [0, 0.05) is 25.2 Å². The maximum absolute atomic E-state index is 12.4. The molecule has 0 nitrogen and oxygen atoms in total. The van der Waals surface area contributed by atoms with E-state index in [1.807, 2.05) is 6.92 Å².